The van der Waals surface area contributed by atoms with E-state index >= 15 is 0 Å². The molecule has 1 unspecified atom stereocenters. The normalized spacial score (nSPS) is 16.5. The predicted octanol–water partition coefficient (Wildman–Crippen LogP) is 1.87. The quantitative estimate of drug-likeness (QED) is 0.753. The fourth-order valence-corrected chi connectivity index (χ4v) is 2.70. The monoisotopic (exact) mass is 337 g/mol. The van der Waals surface area contributed by atoms with E-state index in [0.717, 1.165) is 0 Å². The molecule has 8 heteroatoms. The lowest BCUT2D eigenvalue weighted by Crippen LogP contribution is -2.14. The van der Waals surface area contributed by atoms with Gasteiger partial charge in [-0.25, -0.2) is 15.0 Å². The summed E-state index contributed by atoms with van der Waals surface area (Å²) in [5.74, 6) is 0.598. The largest absolute Gasteiger partial charge is 0.472 e. The van der Waals surface area contributed by atoms with E-state index in [4.69, 9.17) is 9.84 Å². The number of rotatable bonds is 4. The number of aromatic nitrogens is 4. The Morgan fingerprint density at radius 2 is 2.12 bits per heavy atom. The average Bonchev–Trinajstić information content (AvgIpc) is 3.29. The van der Waals surface area contributed by atoms with Crippen LogP contribution >= 0.6 is 0 Å². The van der Waals surface area contributed by atoms with Crippen LogP contribution in [0.3, 0.4) is 0 Å². The summed E-state index contributed by atoms with van der Waals surface area (Å²) in [5.41, 5.74) is 1.56. The van der Waals surface area contributed by atoms with Crippen LogP contribution in [-0.2, 0) is 4.74 Å². The van der Waals surface area contributed by atoms with Gasteiger partial charge >= 0.3 is 0 Å². The molecule has 0 aliphatic carbocycles. The zero-order chi connectivity index (χ0) is 17.2. The van der Waals surface area contributed by atoms with Crippen molar-refractivity contribution in [2.24, 2.45) is 0 Å². The summed E-state index contributed by atoms with van der Waals surface area (Å²) < 4.78 is 7.40. The van der Waals surface area contributed by atoms with Crippen molar-refractivity contribution in [1.82, 2.24) is 19.5 Å². The second-order valence-electron chi connectivity index (χ2n) is 5.50. The Hall–Kier alpha value is -3.26. The number of benzene rings is 1. The third kappa shape index (κ3) is 2.83. The third-order valence-corrected chi connectivity index (χ3v) is 3.93. The highest BCUT2D eigenvalue weighted by Crippen LogP contribution is 2.29. The van der Waals surface area contributed by atoms with Crippen molar-refractivity contribution >= 4 is 22.9 Å². The number of amides is 1. The number of nitrogens with zero attached hydrogens (tertiary/aromatic N) is 4. The molecule has 3 aromatic rings. The molecule has 0 spiro atoms. The summed E-state index contributed by atoms with van der Waals surface area (Å²) in [6.45, 7) is -0.142. The van der Waals surface area contributed by atoms with E-state index in [-0.39, 0.29) is 18.7 Å². The first-order valence-corrected chi connectivity index (χ1v) is 7.77. The molecule has 25 heavy (non-hydrogen) atoms. The topological polar surface area (TPSA) is 102 Å². The highest BCUT2D eigenvalue weighted by molar-refractivity contribution is 6.06. The van der Waals surface area contributed by atoms with Crippen molar-refractivity contribution in [3.05, 3.63) is 60.4 Å². The fourth-order valence-electron chi connectivity index (χ4n) is 2.70. The number of carbonyl (C=O) groups is 1. The maximum absolute atomic E-state index is 12.3. The van der Waals surface area contributed by atoms with Gasteiger partial charge in [-0.1, -0.05) is 18.2 Å². The van der Waals surface area contributed by atoms with Gasteiger partial charge in [-0.2, -0.15) is 0 Å². The van der Waals surface area contributed by atoms with Crippen molar-refractivity contribution in [3.8, 4) is 0 Å². The van der Waals surface area contributed by atoms with Crippen LogP contribution in [0.2, 0.25) is 0 Å². The van der Waals surface area contributed by atoms with E-state index in [0.29, 0.717) is 34.7 Å². The van der Waals surface area contributed by atoms with Gasteiger partial charge in [0, 0.05) is 12.0 Å². The number of imidazole rings is 1. The van der Waals surface area contributed by atoms with Gasteiger partial charge in [-0.3, -0.25) is 9.36 Å². The molecule has 1 aromatic carbocycles. The van der Waals surface area contributed by atoms with Gasteiger partial charge in [-0.05, 0) is 18.2 Å². The van der Waals surface area contributed by atoms with Crippen LogP contribution in [-0.4, -0.2) is 37.1 Å². The number of anilines is 1. The molecular formula is C17H15N5O3. The zero-order valence-corrected chi connectivity index (χ0v) is 13.2. The Morgan fingerprint density at radius 3 is 2.88 bits per heavy atom. The van der Waals surface area contributed by atoms with Crippen LogP contribution in [0.1, 0.15) is 23.0 Å². The van der Waals surface area contributed by atoms with Crippen molar-refractivity contribution < 1.29 is 14.6 Å². The van der Waals surface area contributed by atoms with Crippen LogP contribution in [0, 0.1) is 0 Å². The molecule has 1 aliphatic heterocycles. The SMILES string of the molecule is O=C(Nc1ncnc2c1ncn2C1CC=C(CO)O1)c1ccccc1. The third-order valence-electron chi connectivity index (χ3n) is 3.93. The summed E-state index contributed by atoms with van der Waals surface area (Å²) in [5, 5.41) is 11.9. The number of hydrogen-bond acceptors (Lipinski definition) is 6. The lowest BCUT2D eigenvalue weighted by atomic mass is 10.2. The first-order chi connectivity index (χ1) is 12.3. The van der Waals surface area contributed by atoms with E-state index in [1.54, 1.807) is 35.2 Å². The first-order valence-electron chi connectivity index (χ1n) is 7.77. The number of hydrogen-bond donors (Lipinski definition) is 2. The first kappa shape index (κ1) is 15.3. The molecule has 0 saturated carbocycles. The van der Waals surface area contributed by atoms with Crippen LogP contribution in [0.5, 0.6) is 0 Å². The number of ether oxygens (including phenoxy) is 1. The Kier molecular flexibility index (Phi) is 3.87. The molecule has 2 N–H and O–H groups in total. The summed E-state index contributed by atoms with van der Waals surface area (Å²) >= 11 is 0. The maximum atomic E-state index is 12.3. The molecule has 4 rings (SSSR count). The average molecular weight is 337 g/mol. The Bertz CT molecular complexity index is 951. The molecular weight excluding hydrogens is 322 g/mol. The lowest BCUT2D eigenvalue weighted by molar-refractivity contribution is 0.0656. The standard InChI is InChI=1S/C17H15N5O3/c23-8-12-6-7-13(25-12)22-10-20-14-15(18-9-19-16(14)22)21-17(24)11-4-2-1-3-5-11/h1-6,9-10,13,23H,7-8H2,(H,18,19,21,24). The molecule has 1 amide bonds. The summed E-state index contributed by atoms with van der Waals surface area (Å²) in [4.78, 5) is 25.0. The minimum absolute atomic E-state index is 0.142. The number of fused-ring (bicyclic) bond motifs is 1. The maximum Gasteiger partial charge on any atom is 0.256 e. The molecule has 8 nitrogen and oxygen atoms in total. The van der Waals surface area contributed by atoms with Crippen molar-refractivity contribution in [3.63, 3.8) is 0 Å². The van der Waals surface area contributed by atoms with Crippen molar-refractivity contribution in [2.75, 3.05) is 11.9 Å². The molecule has 0 fully saturated rings. The Labute approximate surface area is 142 Å². The second kappa shape index (κ2) is 6.33. The van der Waals surface area contributed by atoms with E-state index in [9.17, 15) is 4.79 Å². The fraction of sp³-hybridized carbons (Fsp3) is 0.176. The highest BCUT2D eigenvalue weighted by atomic mass is 16.5. The molecule has 1 atom stereocenters. The molecule has 0 radical (unpaired) electrons. The number of nitrogens with one attached hydrogen (secondary N) is 1. The van der Waals surface area contributed by atoms with Crippen LogP contribution < -0.4 is 5.32 Å². The smallest absolute Gasteiger partial charge is 0.256 e. The summed E-state index contributed by atoms with van der Waals surface area (Å²) in [6, 6.07) is 8.88. The number of aliphatic hydroxyl groups excluding tert-OH is 1. The molecule has 0 bridgehead atoms. The summed E-state index contributed by atoms with van der Waals surface area (Å²) in [7, 11) is 0. The Balaban J connectivity index is 1.62. The molecule has 3 heterocycles. The van der Waals surface area contributed by atoms with E-state index < -0.39 is 0 Å². The molecule has 126 valence electrons. The summed E-state index contributed by atoms with van der Waals surface area (Å²) in [6.07, 6.45) is 5.08. The minimum Gasteiger partial charge on any atom is -0.472 e. The van der Waals surface area contributed by atoms with Gasteiger partial charge in [0.1, 0.15) is 25.0 Å². The van der Waals surface area contributed by atoms with Gasteiger partial charge in [0.15, 0.2) is 23.2 Å². The van der Waals surface area contributed by atoms with Gasteiger partial charge < -0.3 is 15.2 Å². The molecule has 0 saturated heterocycles. The van der Waals surface area contributed by atoms with Gasteiger partial charge in [-0.15, -0.1) is 0 Å². The Morgan fingerprint density at radius 1 is 1.28 bits per heavy atom. The molecule has 2 aromatic heterocycles. The van der Waals surface area contributed by atoms with Crippen LogP contribution in [0.25, 0.3) is 11.2 Å². The predicted molar refractivity (Wildman–Crippen MR) is 89.6 cm³/mol. The van der Waals surface area contributed by atoms with Crippen LogP contribution in [0.4, 0.5) is 5.82 Å². The van der Waals surface area contributed by atoms with Gasteiger partial charge in [0.25, 0.3) is 5.91 Å². The lowest BCUT2D eigenvalue weighted by Gasteiger charge is -2.14. The van der Waals surface area contributed by atoms with Crippen molar-refractivity contribution in [2.45, 2.75) is 12.6 Å². The second-order valence-corrected chi connectivity index (χ2v) is 5.50. The zero-order valence-electron chi connectivity index (χ0n) is 13.2. The van der Waals surface area contributed by atoms with Crippen molar-refractivity contribution in [1.29, 1.82) is 0 Å². The number of aliphatic hydroxyl groups is 1. The van der Waals surface area contributed by atoms with E-state index in [1.807, 2.05) is 12.1 Å². The van der Waals surface area contributed by atoms with E-state index in [2.05, 4.69) is 20.3 Å². The van der Waals surface area contributed by atoms with Gasteiger partial charge in [0.2, 0.25) is 0 Å². The molecule has 1 aliphatic rings. The highest BCUT2D eigenvalue weighted by Gasteiger charge is 2.23. The number of carbonyl (C=O) groups excluding carboxylic acids is 1. The minimum atomic E-state index is -0.320. The van der Waals surface area contributed by atoms with E-state index in [1.165, 1.54) is 6.33 Å². The van der Waals surface area contributed by atoms with Crippen LogP contribution in [0.15, 0.2) is 54.8 Å². The van der Waals surface area contributed by atoms with Gasteiger partial charge in [0.05, 0.1) is 0 Å².